The third kappa shape index (κ3) is 4.27. The molecule has 2 atom stereocenters. The highest BCUT2D eigenvalue weighted by Crippen LogP contribution is 2.25. The molecule has 0 aliphatic rings. The highest BCUT2D eigenvalue weighted by Gasteiger charge is 2.16. The maximum Gasteiger partial charge on any atom is 0.220 e. The SMILES string of the molecule is CC(N)CCC(=O)NC(C)c1c(F)cccc1Cl. The molecule has 2 unspecified atom stereocenters. The molecule has 5 heteroatoms. The predicted molar refractivity (Wildman–Crippen MR) is 70.9 cm³/mol. The van der Waals surface area contributed by atoms with Crippen LogP contribution in [-0.4, -0.2) is 11.9 Å². The number of halogens is 2. The molecule has 0 saturated heterocycles. The Morgan fingerprint density at radius 3 is 2.72 bits per heavy atom. The monoisotopic (exact) mass is 272 g/mol. The number of nitrogens with two attached hydrogens (primary N) is 1. The Hall–Kier alpha value is -1.13. The van der Waals surface area contributed by atoms with Crippen LogP contribution in [-0.2, 0) is 4.79 Å². The van der Waals surface area contributed by atoms with Crippen molar-refractivity contribution in [2.75, 3.05) is 0 Å². The summed E-state index contributed by atoms with van der Waals surface area (Å²) in [5.74, 6) is -0.568. The van der Waals surface area contributed by atoms with E-state index in [9.17, 15) is 9.18 Å². The first-order chi connectivity index (χ1) is 8.41. The van der Waals surface area contributed by atoms with Crippen molar-refractivity contribution in [1.82, 2.24) is 5.32 Å². The zero-order valence-electron chi connectivity index (χ0n) is 10.5. The molecule has 3 N–H and O–H groups in total. The van der Waals surface area contributed by atoms with Crippen molar-refractivity contribution in [1.29, 1.82) is 0 Å². The Bertz CT molecular complexity index is 403. The van der Waals surface area contributed by atoms with Gasteiger partial charge in [-0.05, 0) is 32.4 Å². The van der Waals surface area contributed by atoms with E-state index < -0.39 is 11.9 Å². The molecule has 0 radical (unpaired) electrons. The molecule has 1 rings (SSSR count). The van der Waals surface area contributed by atoms with Crippen molar-refractivity contribution >= 4 is 17.5 Å². The molecule has 0 saturated carbocycles. The van der Waals surface area contributed by atoms with Gasteiger partial charge in [0.15, 0.2) is 0 Å². The Labute approximate surface area is 112 Å². The molecule has 0 bridgehead atoms. The standard InChI is InChI=1S/C13H18ClFN2O/c1-8(16)6-7-12(18)17-9(2)13-10(14)4-3-5-11(13)15/h3-5,8-9H,6-7,16H2,1-2H3,(H,17,18). The van der Waals surface area contributed by atoms with Crippen molar-refractivity contribution in [3.63, 3.8) is 0 Å². The van der Waals surface area contributed by atoms with E-state index in [0.29, 0.717) is 23.4 Å². The van der Waals surface area contributed by atoms with Crippen LogP contribution in [0.5, 0.6) is 0 Å². The van der Waals surface area contributed by atoms with E-state index in [1.165, 1.54) is 12.1 Å². The number of amides is 1. The molecule has 0 aromatic heterocycles. The summed E-state index contributed by atoms with van der Waals surface area (Å²) in [5, 5.41) is 3.03. The minimum absolute atomic E-state index is 0.0249. The van der Waals surface area contributed by atoms with Crippen molar-refractivity contribution in [3.8, 4) is 0 Å². The van der Waals surface area contributed by atoms with Crippen LogP contribution >= 0.6 is 11.6 Å². The summed E-state index contributed by atoms with van der Waals surface area (Å²) >= 11 is 5.92. The minimum atomic E-state index is -0.459. The maximum atomic E-state index is 13.6. The lowest BCUT2D eigenvalue weighted by Gasteiger charge is -2.16. The molecule has 18 heavy (non-hydrogen) atoms. The Morgan fingerprint density at radius 2 is 2.17 bits per heavy atom. The van der Waals surface area contributed by atoms with Crippen LogP contribution in [0.4, 0.5) is 4.39 Å². The second-order valence-corrected chi connectivity index (χ2v) is 4.85. The van der Waals surface area contributed by atoms with Crippen LogP contribution in [0.25, 0.3) is 0 Å². The molecular formula is C13H18ClFN2O. The molecule has 0 aliphatic carbocycles. The second kappa shape index (κ2) is 6.71. The summed E-state index contributed by atoms with van der Waals surface area (Å²) in [5.41, 5.74) is 5.88. The second-order valence-electron chi connectivity index (χ2n) is 4.44. The van der Waals surface area contributed by atoms with E-state index >= 15 is 0 Å². The quantitative estimate of drug-likeness (QED) is 0.866. The van der Waals surface area contributed by atoms with Gasteiger partial charge < -0.3 is 11.1 Å². The van der Waals surface area contributed by atoms with Gasteiger partial charge in [0.25, 0.3) is 0 Å². The lowest BCUT2D eigenvalue weighted by molar-refractivity contribution is -0.121. The van der Waals surface area contributed by atoms with Crippen molar-refractivity contribution in [3.05, 3.63) is 34.6 Å². The summed E-state index contributed by atoms with van der Waals surface area (Å²) in [6, 6.07) is 3.98. The first-order valence-corrected chi connectivity index (χ1v) is 6.28. The molecule has 100 valence electrons. The molecular weight excluding hydrogens is 255 g/mol. The van der Waals surface area contributed by atoms with E-state index in [2.05, 4.69) is 5.32 Å². The molecule has 1 aromatic carbocycles. The molecule has 1 aromatic rings. The lowest BCUT2D eigenvalue weighted by atomic mass is 10.1. The van der Waals surface area contributed by atoms with Crippen LogP contribution < -0.4 is 11.1 Å². The smallest absolute Gasteiger partial charge is 0.220 e. The van der Waals surface area contributed by atoms with Gasteiger partial charge >= 0.3 is 0 Å². The normalized spacial score (nSPS) is 14.1. The van der Waals surface area contributed by atoms with E-state index in [4.69, 9.17) is 17.3 Å². The van der Waals surface area contributed by atoms with E-state index in [1.54, 1.807) is 13.0 Å². The van der Waals surface area contributed by atoms with Crippen LogP contribution in [0.1, 0.15) is 38.3 Å². The van der Waals surface area contributed by atoms with Gasteiger partial charge in [-0.15, -0.1) is 0 Å². The summed E-state index contributed by atoms with van der Waals surface area (Å²) in [4.78, 5) is 11.6. The predicted octanol–water partition coefficient (Wildman–Crippen LogP) is 2.78. The fraction of sp³-hybridized carbons (Fsp3) is 0.462. The highest BCUT2D eigenvalue weighted by molar-refractivity contribution is 6.31. The van der Waals surface area contributed by atoms with E-state index in [1.807, 2.05) is 6.92 Å². The lowest BCUT2D eigenvalue weighted by Crippen LogP contribution is -2.29. The summed E-state index contributed by atoms with van der Waals surface area (Å²) in [6.45, 7) is 3.54. The number of carbonyl (C=O) groups excluding carboxylic acids is 1. The molecule has 0 heterocycles. The van der Waals surface area contributed by atoms with Crippen LogP contribution in [0, 0.1) is 5.82 Å². The number of rotatable bonds is 5. The van der Waals surface area contributed by atoms with Gasteiger partial charge in [0.2, 0.25) is 5.91 Å². The third-order valence-electron chi connectivity index (χ3n) is 2.64. The largest absolute Gasteiger partial charge is 0.349 e. The van der Waals surface area contributed by atoms with Gasteiger partial charge in [-0.1, -0.05) is 17.7 Å². The van der Waals surface area contributed by atoms with Gasteiger partial charge in [-0.25, -0.2) is 4.39 Å². The fourth-order valence-electron chi connectivity index (χ4n) is 1.67. The average Bonchev–Trinajstić information content (AvgIpc) is 2.26. The topological polar surface area (TPSA) is 55.1 Å². The third-order valence-corrected chi connectivity index (χ3v) is 2.97. The summed E-state index contributed by atoms with van der Waals surface area (Å²) < 4.78 is 13.6. The van der Waals surface area contributed by atoms with Crippen LogP contribution in [0.3, 0.4) is 0 Å². The Morgan fingerprint density at radius 1 is 1.50 bits per heavy atom. The number of hydrogen-bond donors (Lipinski definition) is 2. The van der Waals surface area contributed by atoms with Gasteiger partial charge in [-0.3, -0.25) is 4.79 Å². The van der Waals surface area contributed by atoms with Crippen molar-refractivity contribution < 1.29 is 9.18 Å². The van der Waals surface area contributed by atoms with Gasteiger partial charge in [-0.2, -0.15) is 0 Å². The number of nitrogens with one attached hydrogen (secondary N) is 1. The highest BCUT2D eigenvalue weighted by atomic mass is 35.5. The Kier molecular flexibility index (Phi) is 5.56. The van der Waals surface area contributed by atoms with Crippen LogP contribution in [0.15, 0.2) is 18.2 Å². The van der Waals surface area contributed by atoms with E-state index in [0.717, 1.165) is 0 Å². The zero-order valence-corrected chi connectivity index (χ0v) is 11.3. The molecule has 0 fully saturated rings. The first kappa shape index (κ1) is 14.9. The van der Waals surface area contributed by atoms with Gasteiger partial charge in [0.05, 0.1) is 6.04 Å². The van der Waals surface area contributed by atoms with Gasteiger partial charge in [0.1, 0.15) is 5.82 Å². The molecule has 0 spiro atoms. The average molecular weight is 273 g/mol. The van der Waals surface area contributed by atoms with E-state index in [-0.39, 0.29) is 11.9 Å². The fourth-order valence-corrected chi connectivity index (χ4v) is 2.00. The minimum Gasteiger partial charge on any atom is -0.349 e. The number of benzene rings is 1. The Balaban J connectivity index is 2.65. The summed E-state index contributed by atoms with van der Waals surface area (Å²) in [7, 11) is 0. The first-order valence-electron chi connectivity index (χ1n) is 5.90. The number of carbonyl (C=O) groups is 1. The zero-order chi connectivity index (χ0) is 13.7. The number of hydrogen-bond acceptors (Lipinski definition) is 2. The van der Waals surface area contributed by atoms with Gasteiger partial charge in [0, 0.05) is 23.0 Å². The maximum absolute atomic E-state index is 13.6. The molecule has 0 aliphatic heterocycles. The summed E-state index contributed by atoms with van der Waals surface area (Å²) in [6.07, 6.45) is 0.928. The molecule has 1 amide bonds. The molecule has 3 nitrogen and oxygen atoms in total. The van der Waals surface area contributed by atoms with Crippen molar-refractivity contribution in [2.24, 2.45) is 5.73 Å². The van der Waals surface area contributed by atoms with Crippen LogP contribution in [0.2, 0.25) is 5.02 Å². The van der Waals surface area contributed by atoms with Crippen molar-refractivity contribution in [2.45, 2.75) is 38.8 Å².